The Balaban J connectivity index is 2.33. The number of anilines is 2. The number of amides is 2. The number of hydrogen-bond donors (Lipinski definition) is 1. The molecule has 0 fully saturated rings. The molecule has 3 nitrogen and oxygen atoms in total. The molecule has 0 saturated carbocycles. The molecular weight excluding hydrogens is 284 g/mol. The number of rotatable bonds is 4. The lowest BCUT2D eigenvalue weighted by Crippen LogP contribution is -2.32. The molecule has 23 heavy (non-hydrogen) atoms. The first-order valence-electron chi connectivity index (χ1n) is 8.14. The van der Waals surface area contributed by atoms with Crippen LogP contribution in [0.1, 0.15) is 50.7 Å². The molecule has 0 aromatic heterocycles. The van der Waals surface area contributed by atoms with Gasteiger partial charge in [-0.05, 0) is 35.1 Å². The second kappa shape index (κ2) is 7.32. The third-order valence-corrected chi connectivity index (χ3v) is 4.05. The normalized spacial score (nSPS) is 10.9. The predicted molar refractivity (Wildman–Crippen MR) is 98.5 cm³/mol. The molecule has 2 aromatic carbocycles. The van der Waals surface area contributed by atoms with Gasteiger partial charge in [0, 0.05) is 18.4 Å². The maximum atomic E-state index is 12.7. The average molecular weight is 310 g/mol. The monoisotopic (exact) mass is 310 g/mol. The first-order chi connectivity index (χ1) is 10.9. The molecule has 0 aliphatic heterocycles. The number of nitrogens with one attached hydrogen (secondary N) is 1. The van der Waals surface area contributed by atoms with E-state index in [4.69, 9.17) is 0 Å². The molecule has 1 N–H and O–H groups in total. The van der Waals surface area contributed by atoms with Gasteiger partial charge in [-0.15, -0.1) is 0 Å². The van der Waals surface area contributed by atoms with Crippen LogP contribution in [-0.2, 0) is 0 Å². The highest BCUT2D eigenvalue weighted by Gasteiger charge is 2.18. The van der Waals surface area contributed by atoms with Crippen molar-refractivity contribution in [2.45, 2.75) is 39.5 Å². The van der Waals surface area contributed by atoms with Crippen molar-refractivity contribution in [3.8, 4) is 0 Å². The molecule has 2 aromatic rings. The summed E-state index contributed by atoms with van der Waals surface area (Å²) in [6.07, 6.45) is 0. The Labute approximate surface area is 139 Å². The largest absolute Gasteiger partial charge is 0.326 e. The van der Waals surface area contributed by atoms with Crippen LogP contribution in [-0.4, -0.2) is 13.1 Å². The molecule has 0 unspecified atom stereocenters. The fourth-order valence-electron chi connectivity index (χ4n) is 2.66. The Bertz CT molecular complexity index is 636. The Morgan fingerprint density at radius 3 is 1.87 bits per heavy atom. The van der Waals surface area contributed by atoms with Crippen molar-refractivity contribution in [3.05, 3.63) is 59.7 Å². The van der Waals surface area contributed by atoms with Gasteiger partial charge in [-0.3, -0.25) is 4.90 Å². The van der Waals surface area contributed by atoms with Crippen molar-refractivity contribution >= 4 is 17.4 Å². The molecule has 0 saturated heterocycles. The second-order valence-electron chi connectivity index (χ2n) is 6.45. The molecule has 3 heteroatoms. The Hall–Kier alpha value is -2.29. The molecule has 122 valence electrons. The van der Waals surface area contributed by atoms with Crippen LogP contribution in [0.25, 0.3) is 0 Å². The van der Waals surface area contributed by atoms with E-state index in [1.165, 1.54) is 11.1 Å². The van der Waals surface area contributed by atoms with Gasteiger partial charge in [0.1, 0.15) is 0 Å². The lowest BCUT2D eigenvalue weighted by atomic mass is 9.93. The molecule has 0 aliphatic rings. The maximum absolute atomic E-state index is 12.7. The van der Waals surface area contributed by atoms with Crippen molar-refractivity contribution in [1.82, 2.24) is 0 Å². The molecule has 2 amide bonds. The van der Waals surface area contributed by atoms with E-state index in [1.54, 1.807) is 11.9 Å². The summed E-state index contributed by atoms with van der Waals surface area (Å²) >= 11 is 0. The Morgan fingerprint density at radius 1 is 0.870 bits per heavy atom. The molecule has 2 rings (SSSR count). The minimum Gasteiger partial charge on any atom is -0.307 e. The second-order valence-corrected chi connectivity index (χ2v) is 6.45. The standard InChI is InChI=1S/C20H26N2O/c1-14(2)17-12-9-13-18(15(3)4)19(17)21-20(23)22(5)16-10-7-6-8-11-16/h6-15H,1-5H3,(H,21,23). The number of urea groups is 1. The molecule has 0 radical (unpaired) electrons. The van der Waals surface area contributed by atoms with Gasteiger partial charge < -0.3 is 5.32 Å². The molecular formula is C20H26N2O. The van der Waals surface area contributed by atoms with Crippen LogP contribution < -0.4 is 10.2 Å². The number of hydrogen-bond acceptors (Lipinski definition) is 1. The van der Waals surface area contributed by atoms with Gasteiger partial charge in [0.25, 0.3) is 0 Å². The van der Waals surface area contributed by atoms with Crippen LogP contribution in [0.4, 0.5) is 16.2 Å². The fourth-order valence-corrected chi connectivity index (χ4v) is 2.66. The maximum Gasteiger partial charge on any atom is 0.326 e. The van der Waals surface area contributed by atoms with Gasteiger partial charge in [-0.2, -0.15) is 0 Å². The van der Waals surface area contributed by atoms with Crippen LogP contribution in [0.15, 0.2) is 48.5 Å². The summed E-state index contributed by atoms with van der Waals surface area (Å²) in [5.74, 6) is 0.706. The summed E-state index contributed by atoms with van der Waals surface area (Å²) in [6.45, 7) is 8.60. The van der Waals surface area contributed by atoms with Gasteiger partial charge in [-0.25, -0.2) is 4.79 Å². The number of nitrogens with zero attached hydrogens (tertiary/aromatic N) is 1. The van der Waals surface area contributed by atoms with E-state index in [1.807, 2.05) is 30.3 Å². The molecule has 0 aliphatic carbocycles. The summed E-state index contributed by atoms with van der Waals surface area (Å²) in [5, 5.41) is 3.13. The van der Waals surface area contributed by atoms with Gasteiger partial charge in [-0.1, -0.05) is 64.1 Å². The first-order valence-corrected chi connectivity index (χ1v) is 8.14. The lowest BCUT2D eigenvalue weighted by molar-refractivity contribution is 0.258. The zero-order valence-corrected chi connectivity index (χ0v) is 14.6. The van der Waals surface area contributed by atoms with Crippen LogP contribution >= 0.6 is 0 Å². The summed E-state index contributed by atoms with van der Waals surface area (Å²) in [7, 11) is 1.79. The number of carbonyl (C=O) groups excluding carboxylic acids is 1. The summed E-state index contributed by atoms with van der Waals surface area (Å²) < 4.78 is 0. The lowest BCUT2D eigenvalue weighted by Gasteiger charge is -2.23. The zero-order chi connectivity index (χ0) is 17.0. The summed E-state index contributed by atoms with van der Waals surface area (Å²) in [4.78, 5) is 14.3. The number of carbonyl (C=O) groups is 1. The van der Waals surface area contributed by atoms with E-state index in [0.29, 0.717) is 11.8 Å². The SMILES string of the molecule is CC(C)c1cccc(C(C)C)c1NC(=O)N(C)c1ccccc1. The third kappa shape index (κ3) is 3.92. The van der Waals surface area contributed by atoms with E-state index in [9.17, 15) is 4.79 Å². The molecule has 0 heterocycles. The molecule has 0 atom stereocenters. The molecule has 0 spiro atoms. The van der Waals surface area contributed by atoms with E-state index < -0.39 is 0 Å². The van der Waals surface area contributed by atoms with Gasteiger partial charge in [0.15, 0.2) is 0 Å². The highest BCUT2D eigenvalue weighted by molar-refractivity contribution is 6.02. The average Bonchev–Trinajstić information content (AvgIpc) is 2.54. The number of benzene rings is 2. The minimum atomic E-state index is -0.119. The topological polar surface area (TPSA) is 32.3 Å². The minimum absolute atomic E-state index is 0.119. The zero-order valence-electron chi connectivity index (χ0n) is 14.6. The summed E-state index contributed by atoms with van der Waals surface area (Å²) in [6, 6.07) is 15.8. The van der Waals surface area contributed by atoms with E-state index in [-0.39, 0.29) is 6.03 Å². The van der Waals surface area contributed by atoms with E-state index >= 15 is 0 Å². The smallest absolute Gasteiger partial charge is 0.307 e. The Morgan fingerprint density at radius 2 is 1.39 bits per heavy atom. The van der Waals surface area contributed by atoms with Crippen LogP contribution in [0.5, 0.6) is 0 Å². The highest BCUT2D eigenvalue weighted by atomic mass is 16.2. The van der Waals surface area contributed by atoms with Crippen LogP contribution in [0.2, 0.25) is 0 Å². The van der Waals surface area contributed by atoms with Crippen molar-refractivity contribution < 1.29 is 4.79 Å². The summed E-state index contributed by atoms with van der Waals surface area (Å²) in [5.41, 5.74) is 4.17. The van der Waals surface area contributed by atoms with Crippen molar-refractivity contribution in [2.75, 3.05) is 17.3 Å². The quantitative estimate of drug-likeness (QED) is 0.783. The van der Waals surface area contributed by atoms with Gasteiger partial charge in [0.05, 0.1) is 0 Å². The van der Waals surface area contributed by atoms with Crippen molar-refractivity contribution in [1.29, 1.82) is 0 Å². The van der Waals surface area contributed by atoms with Crippen LogP contribution in [0.3, 0.4) is 0 Å². The van der Waals surface area contributed by atoms with E-state index in [2.05, 4.69) is 51.2 Å². The number of para-hydroxylation sites is 2. The first kappa shape index (κ1) is 17.1. The molecule has 0 bridgehead atoms. The fraction of sp³-hybridized carbons (Fsp3) is 0.350. The van der Waals surface area contributed by atoms with Gasteiger partial charge in [0.2, 0.25) is 0 Å². The van der Waals surface area contributed by atoms with Crippen molar-refractivity contribution in [2.24, 2.45) is 0 Å². The van der Waals surface area contributed by atoms with Crippen molar-refractivity contribution in [3.63, 3.8) is 0 Å². The Kier molecular flexibility index (Phi) is 5.43. The third-order valence-electron chi connectivity index (χ3n) is 4.05. The predicted octanol–water partition coefficient (Wildman–Crippen LogP) is 5.60. The van der Waals surface area contributed by atoms with E-state index in [0.717, 1.165) is 11.4 Å². The van der Waals surface area contributed by atoms with Crippen LogP contribution in [0, 0.1) is 0 Å². The van der Waals surface area contributed by atoms with Gasteiger partial charge >= 0.3 is 6.03 Å². The highest BCUT2D eigenvalue weighted by Crippen LogP contribution is 2.32.